The number of likely N-dealkylation sites (N-methyl/N-ethyl adjacent to an activating group) is 1. The molecule has 0 saturated heterocycles. The third-order valence-electron chi connectivity index (χ3n) is 3.73. The summed E-state index contributed by atoms with van der Waals surface area (Å²) in [4.78, 5) is 24.2. The van der Waals surface area contributed by atoms with Crippen LogP contribution in [0.3, 0.4) is 0 Å². The van der Waals surface area contributed by atoms with E-state index in [9.17, 15) is 9.59 Å². The molecule has 1 aromatic heterocycles. The number of carbonyl (C=O) groups is 2. The molecule has 1 heterocycles. The van der Waals surface area contributed by atoms with Crippen molar-refractivity contribution in [3.05, 3.63) is 36.0 Å². The van der Waals surface area contributed by atoms with E-state index in [4.69, 9.17) is 5.11 Å². The molecular weight excluding hydrogens is 282 g/mol. The first-order chi connectivity index (χ1) is 10.4. The lowest BCUT2D eigenvalue weighted by atomic mass is 10.2. The molecule has 0 fully saturated rings. The van der Waals surface area contributed by atoms with Gasteiger partial charge in [0, 0.05) is 31.3 Å². The highest BCUT2D eigenvalue weighted by atomic mass is 16.4. The zero-order valence-corrected chi connectivity index (χ0v) is 13.0. The molecule has 22 heavy (non-hydrogen) atoms. The number of fused-ring (bicyclic) bond motifs is 1. The van der Waals surface area contributed by atoms with Gasteiger partial charge in [0.2, 0.25) is 0 Å². The van der Waals surface area contributed by atoms with Crippen LogP contribution in [0.1, 0.15) is 12.6 Å². The van der Waals surface area contributed by atoms with Crippen molar-refractivity contribution in [2.24, 2.45) is 0 Å². The van der Waals surface area contributed by atoms with Gasteiger partial charge in [0.15, 0.2) is 0 Å². The third-order valence-corrected chi connectivity index (χ3v) is 3.73. The van der Waals surface area contributed by atoms with E-state index >= 15 is 0 Å². The summed E-state index contributed by atoms with van der Waals surface area (Å²) in [6, 6.07) is 8.93. The van der Waals surface area contributed by atoms with Gasteiger partial charge in [0.1, 0.15) is 6.04 Å². The summed E-state index contributed by atoms with van der Waals surface area (Å²) < 4.78 is 2.15. The largest absolute Gasteiger partial charge is 0.480 e. The Balaban J connectivity index is 2.01. The Morgan fingerprint density at radius 2 is 2.05 bits per heavy atom. The first-order valence-electron chi connectivity index (χ1n) is 7.19. The van der Waals surface area contributed by atoms with Gasteiger partial charge in [-0.05, 0) is 31.4 Å². The molecule has 6 nitrogen and oxygen atoms in total. The van der Waals surface area contributed by atoms with Crippen LogP contribution in [0.2, 0.25) is 0 Å². The fourth-order valence-corrected chi connectivity index (χ4v) is 2.35. The van der Waals surface area contributed by atoms with Gasteiger partial charge in [-0.15, -0.1) is 0 Å². The Morgan fingerprint density at radius 3 is 2.73 bits per heavy atom. The number of hydrogen-bond donors (Lipinski definition) is 2. The molecule has 0 spiro atoms. The topological polar surface area (TPSA) is 74.6 Å². The van der Waals surface area contributed by atoms with Gasteiger partial charge in [-0.3, -0.25) is 4.79 Å². The summed E-state index contributed by atoms with van der Waals surface area (Å²) in [6.45, 7) is 4.63. The number of benzene rings is 1. The Hall–Kier alpha value is -2.50. The van der Waals surface area contributed by atoms with Crippen LogP contribution in [0.15, 0.2) is 30.3 Å². The minimum atomic E-state index is -1.05. The maximum absolute atomic E-state index is 11.9. The summed E-state index contributed by atoms with van der Waals surface area (Å²) >= 11 is 0. The van der Waals surface area contributed by atoms with Gasteiger partial charge in [-0.2, -0.15) is 0 Å². The molecular formula is C16H21N3O3. The van der Waals surface area contributed by atoms with Crippen LogP contribution >= 0.6 is 0 Å². The van der Waals surface area contributed by atoms with Crippen molar-refractivity contribution in [2.45, 2.75) is 26.4 Å². The van der Waals surface area contributed by atoms with Crippen LogP contribution < -0.4 is 5.32 Å². The molecule has 1 atom stereocenters. The van der Waals surface area contributed by atoms with E-state index in [1.807, 2.05) is 19.1 Å². The zero-order valence-electron chi connectivity index (χ0n) is 13.0. The van der Waals surface area contributed by atoms with Gasteiger partial charge in [0.25, 0.3) is 0 Å². The smallest absolute Gasteiger partial charge is 0.325 e. The summed E-state index contributed by atoms with van der Waals surface area (Å²) in [5, 5.41) is 12.4. The molecule has 2 N–H and O–H groups in total. The number of nitrogens with one attached hydrogen (secondary N) is 1. The Labute approximate surface area is 129 Å². The molecule has 2 rings (SSSR count). The molecule has 118 valence electrons. The summed E-state index contributed by atoms with van der Waals surface area (Å²) in [7, 11) is 1.66. The summed E-state index contributed by atoms with van der Waals surface area (Å²) in [5.74, 6) is -1.05. The van der Waals surface area contributed by atoms with Crippen molar-refractivity contribution in [3.63, 3.8) is 0 Å². The van der Waals surface area contributed by atoms with E-state index in [2.05, 4.69) is 28.1 Å². The Kier molecular flexibility index (Phi) is 4.70. The molecule has 0 aliphatic rings. The maximum atomic E-state index is 11.9. The van der Waals surface area contributed by atoms with Gasteiger partial charge in [-0.25, -0.2) is 4.79 Å². The zero-order chi connectivity index (χ0) is 16.3. The molecule has 1 aromatic carbocycles. The molecule has 0 saturated carbocycles. The second kappa shape index (κ2) is 6.51. The number of urea groups is 1. The number of rotatable bonds is 5. The number of carboxylic acids is 1. The lowest BCUT2D eigenvalue weighted by Crippen LogP contribution is -2.45. The molecule has 0 aliphatic heterocycles. The average molecular weight is 303 g/mol. The Morgan fingerprint density at radius 1 is 1.36 bits per heavy atom. The number of aryl methyl sites for hydroxylation is 1. The number of hydrogen-bond acceptors (Lipinski definition) is 2. The highest BCUT2D eigenvalue weighted by molar-refractivity contribution is 5.82. The minimum Gasteiger partial charge on any atom is -0.480 e. The van der Waals surface area contributed by atoms with Crippen molar-refractivity contribution in [2.75, 3.05) is 13.6 Å². The molecule has 0 aliphatic carbocycles. The predicted molar refractivity (Wildman–Crippen MR) is 84.9 cm³/mol. The molecule has 2 aromatic rings. The number of aliphatic carboxylic acids is 1. The van der Waals surface area contributed by atoms with Gasteiger partial charge >= 0.3 is 12.0 Å². The number of aromatic nitrogens is 1. The number of para-hydroxylation sites is 1. The predicted octanol–water partition coefficient (Wildman–Crippen LogP) is 2.06. The second-order valence-corrected chi connectivity index (χ2v) is 5.43. The van der Waals surface area contributed by atoms with Crippen molar-refractivity contribution in [1.82, 2.24) is 14.8 Å². The SMILES string of the molecule is Cc1cc2ccccc2n1CCN(C)C(=O)N[C@@H](C)C(=O)O. The minimum absolute atomic E-state index is 0.385. The van der Waals surface area contributed by atoms with Crippen molar-refractivity contribution in [3.8, 4) is 0 Å². The molecule has 0 bridgehead atoms. The molecule has 6 heteroatoms. The van der Waals surface area contributed by atoms with Crippen molar-refractivity contribution >= 4 is 22.9 Å². The average Bonchev–Trinajstić information content (AvgIpc) is 2.79. The monoisotopic (exact) mass is 303 g/mol. The number of carbonyl (C=O) groups excluding carboxylic acids is 1. The van der Waals surface area contributed by atoms with E-state index in [1.165, 1.54) is 17.2 Å². The highest BCUT2D eigenvalue weighted by Gasteiger charge is 2.17. The Bertz CT molecular complexity index is 693. The first kappa shape index (κ1) is 15.9. The summed E-state index contributed by atoms with van der Waals surface area (Å²) in [5.41, 5.74) is 2.27. The number of amides is 2. The summed E-state index contributed by atoms with van der Waals surface area (Å²) in [6.07, 6.45) is 0. The van der Waals surface area contributed by atoms with Gasteiger partial charge < -0.3 is 19.9 Å². The van der Waals surface area contributed by atoms with Gasteiger partial charge in [0.05, 0.1) is 0 Å². The van der Waals surface area contributed by atoms with E-state index in [0.717, 1.165) is 11.2 Å². The van der Waals surface area contributed by atoms with E-state index < -0.39 is 12.0 Å². The van der Waals surface area contributed by atoms with E-state index in [0.29, 0.717) is 13.1 Å². The lowest BCUT2D eigenvalue weighted by Gasteiger charge is -2.20. The molecule has 2 amide bonds. The maximum Gasteiger partial charge on any atom is 0.325 e. The van der Waals surface area contributed by atoms with Crippen molar-refractivity contribution < 1.29 is 14.7 Å². The number of nitrogens with zero attached hydrogens (tertiary/aromatic N) is 2. The van der Waals surface area contributed by atoms with E-state index in [1.54, 1.807) is 7.05 Å². The lowest BCUT2D eigenvalue weighted by molar-refractivity contribution is -0.138. The fraction of sp³-hybridized carbons (Fsp3) is 0.375. The van der Waals surface area contributed by atoms with Crippen LogP contribution in [0.4, 0.5) is 4.79 Å². The third kappa shape index (κ3) is 3.39. The normalized spacial score (nSPS) is 12.1. The standard InChI is InChI=1S/C16H21N3O3/c1-11-10-13-6-4-5-7-14(13)19(11)9-8-18(3)16(22)17-12(2)15(20)21/h4-7,10,12H,8-9H2,1-3H3,(H,17,22)(H,20,21)/t12-/m0/s1. The fourth-order valence-electron chi connectivity index (χ4n) is 2.35. The van der Waals surface area contributed by atoms with Crippen LogP contribution in [0.25, 0.3) is 10.9 Å². The molecule has 0 unspecified atom stereocenters. The second-order valence-electron chi connectivity index (χ2n) is 5.43. The van der Waals surface area contributed by atoms with E-state index in [-0.39, 0.29) is 6.03 Å². The van der Waals surface area contributed by atoms with Crippen LogP contribution in [-0.4, -0.2) is 46.2 Å². The van der Waals surface area contributed by atoms with Crippen LogP contribution in [-0.2, 0) is 11.3 Å². The number of carboxylic acid groups (broad SMARTS) is 1. The van der Waals surface area contributed by atoms with Gasteiger partial charge in [-0.1, -0.05) is 18.2 Å². The first-order valence-corrected chi connectivity index (χ1v) is 7.19. The molecule has 0 radical (unpaired) electrons. The van der Waals surface area contributed by atoms with Crippen molar-refractivity contribution in [1.29, 1.82) is 0 Å². The highest BCUT2D eigenvalue weighted by Crippen LogP contribution is 2.18. The van der Waals surface area contributed by atoms with Crippen LogP contribution in [0, 0.1) is 6.92 Å². The van der Waals surface area contributed by atoms with Crippen LogP contribution in [0.5, 0.6) is 0 Å². The quantitative estimate of drug-likeness (QED) is 0.888.